The quantitative estimate of drug-likeness (QED) is 0.111. The van der Waals surface area contributed by atoms with Crippen LogP contribution in [0.3, 0.4) is 0 Å². The molecule has 5 rings (SSSR count). The van der Waals surface area contributed by atoms with Crippen LogP contribution in [0.1, 0.15) is 12.5 Å². The zero-order valence-electron chi connectivity index (χ0n) is 22.2. The standard InChI is InChI=1S/C29H31N8S.BrH/c1-4-37(20-19-36-18-17-34(2)22-36)26-15-13-25(14-16-26)32-31-24-11-9-23(10-12-24)21-30-33-29-35(3)27-7-5-6-8-28(27)38-29;/h5-18,21-22H,4,19-20H2,1-3H3;1H/q+1;/p-1. The molecular weight excluding hydrogens is 572 g/mol. The second-order valence-corrected chi connectivity index (χ2v) is 9.97. The van der Waals surface area contributed by atoms with E-state index in [1.54, 1.807) is 17.6 Å². The van der Waals surface area contributed by atoms with E-state index in [2.05, 4.69) is 88.9 Å². The Hall–Kier alpha value is -3.89. The topological polar surface area (TPSA) is 66.4 Å². The van der Waals surface area contributed by atoms with Crippen LogP contribution in [0.2, 0.25) is 0 Å². The van der Waals surface area contributed by atoms with Crippen molar-refractivity contribution in [3.8, 4) is 0 Å². The lowest BCUT2D eigenvalue weighted by Gasteiger charge is -2.22. The molecular formula is C29H31BrN8S. The van der Waals surface area contributed by atoms with E-state index in [0.717, 1.165) is 46.9 Å². The largest absolute Gasteiger partial charge is 1.00 e. The van der Waals surface area contributed by atoms with Crippen molar-refractivity contribution in [3.05, 3.63) is 102 Å². The van der Waals surface area contributed by atoms with Crippen LogP contribution >= 0.6 is 11.3 Å². The zero-order valence-corrected chi connectivity index (χ0v) is 24.6. The maximum atomic E-state index is 4.41. The molecule has 0 amide bonds. The summed E-state index contributed by atoms with van der Waals surface area (Å²) in [7, 11) is 4.04. The molecule has 0 bridgehead atoms. The molecule has 0 spiro atoms. The van der Waals surface area contributed by atoms with Gasteiger partial charge in [0, 0.05) is 19.3 Å². The Morgan fingerprint density at radius 3 is 2.26 bits per heavy atom. The molecule has 0 aliphatic carbocycles. The average molecular weight is 604 g/mol. The number of rotatable bonds is 9. The predicted octanol–water partition coefficient (Wildman–Crippen LogP) is 2.75. The predicted molar refractivity (Wildman–Crippen MR) is 155 cm³/mol. The molecule has 3 aromatic carbocycles. The van der Waals surface area contributed by atoms with Crippen molar-refractivity contribution >= 4 is 44.8 Å². The number of hydrogen-bond donors (Lipinski definition) is 0. The van der Waals surface area contributed by atoms with Gasteiger partial charge in [-0.15, -0.1) is 5.10 Å². The fourth-order valence-electron chi connectivity index (χ4n) is 4.14. The van der Waals surface area contributed by atoms with Gasteiger partial charge in [0.05, 0.1) is 41.4 Å². The van der Waals surface area contributed by atoms with Crippen molar-refractivity contribution in [2.45, 2.75) is 13.5 Å². The van der Waals surface area contributed by atoms with Crippen molar-refractivity contribution < 1.29 is 21.5 Å². The van der Waals surface area contributed by atoms with E-state index in [9.17, 15) is 0 Å². The monoisotopic (exact) mass is 602 g/mol. The highest BCUT2D eigenvalue weighted by molar-refractivity contribution is 7.16. The number of azo groups is 1. The third-order valence-corrected chi connectivity index (χ3v) is 7.39. The maximum absolute atomic E-state index is 4.41. The Morgan fingerprint density at radius 2 is 1.62 bits per heavy atom. The summed E-state index contributed by atoms with van der Waals surface area (Å²) in [5.41, 5.74) is 4.90. The number of nitrogens with zero attached hydrogens (tertiary/aromatic N) is 8. The van der Waals surface area contributed by atoms with Crippen LogP contribution in [0.5, 0.6) is 0 Å². The second kappa shape index (κ2) is 13.3. The number of hydrogen-bond acceptors (Lipinski definition) is 6. The Labute approximate surface area is 242 Å². The maximum Gasteiger partial charge on any atom is 0.243 e. The van der Waals surface area contributed by atoms with Crippen molar-refractivity contribution in [1.82, 2.24) is 9.13 Å². The molecule has 0 unspecified atom stereocenters. The molecule has 0 saturated carbocycles. The molecule has 0 atom stereocenters. The molecule has 2 aromatic heterocycles. The average Bonchev–Trinajstić information content (AvgIpc) is 3.51. The van der Waals surface area contributed by atoms with E-state index in [0.29, 0.717) is 0 Å². The molecule has 2 heterocycles. The first kappa shape index (κ1) is 28.1. The van der Waals surface area contributed by atoms with Crippen molar-refractivity contribution in [2.75, 3.05) is 18.0 Å². The first-order valence-corrected chi connectivity index (χ1v) is 13.4. The smallest absolute Gasteiger partial charge is 0.243 e. The number of aromatic nitrogens is 3. The highest BCUT2D eigenvalue weighted by Gasteiger charge is 2.07. The van der Waals surface area contributed by atoms with Gasteiger partial charge in [0.25, 0.3) is 0 Å². The molecule has 0 aliphatic rings. The minimum atomic E-state index is 0. The number of anilines is 1. The number of halogens is 1. The van der Waals surface area contributed by atoms with Gasteiger partial charge in [-0.2, -0.15) is 15.3 Å². The van der Waals surface area contributed by atoms with Crippen molar-refractivity contribution in [2.24, 2.45) is 34.5 Å². The SMILES string of the molecule is CCN(CC[n+]1ccn(C)c1)c1ccc(N=Nc2ccc(C=NN=c3sc4ccccc4n3C)cc2)cc1.[Br-]. The van der Waals surface area contributed by atoms with Gasteiger partial charge in [-0.25, -0.2) is 9.13 Å². The molecule has 0 fully saturated rings. The van der Waals surface area contributed by atoms with Crippen LogP contribution in [-0.4, -0.2) is 28.4 Å². The number of benzene rings is 3. The Morgan fingerprint density at radius 1 is 0.923 bits per heavy atom. The first-order chi connectivity index (χ1) is 18.6. The van der Waals surface area contributed by atoms with Gasteiger partial charge in [-0.1, -0.05) is 35.6 Å². The van der Waals surface area contributed by atoms with Crippen molar-refractivity contribution in [1.29, 1.82) is 0 Å². The summed E-state index contributed by atoms with van der Waals surface area (Å²) in [6, 6.07) is 24.3. The summed E-state index contributed by atoms with van der Waals surface area (Å²) in [6.45, 7) is 5.00. The molecule has 200 valence electrons. The van der Waals surface area contributed by atoms with Crippen LogP contribution < -0.4 is 31.2 Å². The molecule has 0 aliphatic heterocycles. The molecule has 10 heteroatoms. The summed E-state index contributed by atoms with van der Waals surface area (Å²) >= 11 is 1.62. The zero-order chi connectivity index (χ0) is 26.3. The fraction of sp³-hybridized carbons (Fsp3) is 0.207. The summed E-state index contributed by atoms with van der Waals surface area (Å²) in [6.07, 6.45) is 8.00. The van der Waals surface area contributed by atoms with Gasteiger partial charge in [0.2, 0.25) is 11.1 Å². The van der Waals surface area contributed by atoms with Crippen LogP contribution in [0.4, 0.5) is 17.1 Å². The minimum Gasteiger partial charge on any atom is -1.00 e. The Bertz CT molecular complexity index is 1630. The second-order valence-electron chi connectivity index (χ2n) is 8.96. The number of thiazole rings is 1. The molecule has 5 aromatic rings. The van der Waals surface area contributed by atoms with Gasteiger partial charge in [-0.05, 0) is 61.0 Å². The number of aryl methyl sites for hydroxylation is 2. The lowest BCUT2D eigenvalue weighted by atomic mass is 10.2. The number of imidazole rings is 1. The number of likely N-dealkylation sites (N-methyl/N-ethyl adjacent to an activating group) is 1. The Kier molecular flexibility index (Phi) is 9.56. The fourth-order valence-corrected chi connectivity index (χ4v) is 5.11. The summed E-state index contributed by atoms with van der Waals surface area (Å²) in [4.78, 5) is 3.21. The lowest BCUT2D eigenvalue weighted by Crippen LogP contribution is -3.00. The van der Waals surface area contributed by atoms with E-state index < -0.39 is 0 Å². The summed E-state index contributed by atoms with van der Waals surface area (Å²) in [5, 5.41) is 17.5. The summed E-state index contributed by atoms with van der Waals surface area (Å²) in [5.74, 6) is 0. The van der Waals surface area contributed by atoms with Gasteiger partial charge in [0.1, 0.15) is 18.9 Å². The first-order valence-electron chi connectivity index (χ1n) is 12.6. The van der Waals surface area contributed by atoms with E-state index in [-0.39, 0.29) is 17.0 Å². The number of fused-ring (bicyclic) bond motifs is 1. The van der Waals surface area contributed by atoms with Gasteiger partial charge in [-0.3, -0.25) is 0 Å². The minimum absolute atomic E-state index is 0. The van der Waals surface area contributed by atoms with E-state index in [1.807, 2.05) is 62.6 Å². The molecule has 39 heavy (non-hydrogen) atoms. The van der Waals surface area contributed by atoms with Gasteiger partial charge in [0.15, 0.2) is 0 Å². The number of para-hydroxylation sites is 1. The highest BCUT2D eigenvalue weighted by Crippen LogP contribution is 2.22. The lowest BCUT2D eigenvalue weighted by molar-refractivity contribution is -0.693. The molecule has 0 saturated heterocycles. The van der Waals surface area contributed by atoms with Crippen LogP contribution in [0, 0.1) is 0 Å². The highest BCUT2D eigenvalue weighted by atomic mass is 79.9. The van der Waals surface area contributed by atoms with Crippen LogP contribution in [0.15, 0.2) is 112 Å². The van der Waals surface area contributed by atoms with Crippen LogP contribution in [-0.2, 0) is 20.6 Å². The Balaban J connectivity index is 0.00000353. The van der Waals surface area contributed by atoms with Gasteiger partial charge >= 0.3 is 0 Å². The molecule has 8 nitrogen and oxygen atoms in total. The normalized spacial score (nSPS) is 12.0. The van der Waals surface area contributed by atoms with E-state index >= 15 is 0 Å². The third-order valence-electron chi connectivity index (χ3n) is 6.29. The summed E-state index contributed by atoms with van der Waals surface area (Å²) < 4.78 is 7.50. The third kappa shape index (κ3) is 7.15. The van der Waals surface area contributed by atoms with Crippen molar-refractivity contribution in [3.63, 3.8) is 0 Å². The molecule has 0 radical (unpaired) electrons. The molecule has 0 N–H and O–H groups in total. The van der Waals surface area contributed by atoms with Crippen LogP contribution in [0.25, 0.3) is 10.2 Å². The van der Waals surface area contributed by atoms with E-state index in [4.69, 9.17) is 0 Å². The van der Waals surface area contributed by atoms with Gasteiger partial charge < -0.3 is 26.4 Å². The van der Waals surface area contributed by atoms with E-state index in [1.165, 1.54) is 10.4 Å².